The van der Waals surface area contributed by atoms with Crippen LogP contribution in [0.5, 0.6) is 5.75 Å². The molecule has 0 N–H and O–H groups in total. The SMILES string of the molecule is CCCCC1COc2cccc3c(SCC(=O)N(C)c4cccc(Cl)c4)cc[n+]1c23. The Hall–Kier alpha value is -2.24. The molecular formula is C24H26ClN2O2S+. The van der Waals surface area contributed by atoms with Gasteiger partial charge in [0.15, 0.2) is 24.6 Å². The number of halogens is 1. The number of hydrogen-bond donors (Lipinski definition) is 0. The number of benzene rings is 2. The molecule has 30 heavy (non-hydrogen) atoms. The number of amides is 1. The van der Waals surface area contributed by atoms with E-state index in [1.807, 2.05) is 24.3 Å². The van der Waals surface area contributed by atoms with Crippen LogP contribution in [0.2, 0.25) is 5.02 Å². The number of unbranched alkanes of at least 4 members (excludes halogenated alkanes) is 1. The van der Waals surface area contributed by atoms with Gasteiger partial charge in [0, 0.05) is 35.1 Å². The van der Waals surface area contributed by atoms with Crippen LogP contribution in [0.4, 0.5) is 5.69 Å². The van der Waals surface area contributed by atoms with E-state index in [0.29, 0.717) is 23.4 Å². The monoisotopic (exact) mass is 441 g/mol. The zero-order valence-electron chi connectivity index (χ0n) is 17.3. The van der Waals surface area contributed by atoms with Crippen LogP contribution in [-0.2, 0) is 4.79 Å². The summed E-state index contributed by atoms with van der Waals surface area (Å²) in [5, 5.41) is 1.76. The lowest BCUT2D eigenvalue weighted by Gasteiger charge is -2.22. The highest BCUT2D eigenvalue weighted by Crippen LogP contribution is 2.34. The Morgan fingerprint density at radius 3 is 2.90 bits per heavy atom. The Labute approximate surface area is 186 Å². The van der Waals surface area contributed by atoms with Crippen LogP contribution in [0.3, 0.4) is 0 Å². The Kier molecular flexibility index (Phi) is 6.49. The van der Waals surface area contributed by atoms with Gasteiger partial charge in [0.25, 0.3) is 5.52 Å². The maximum atomic E-state index is 12.8. The molecule has 1 unspecified atom stereocenters. The van der Waals surface area contributed by atoms with Crippen molar-refractivity contribution in [2.45, 2.75) is 37.1 Å². The highest BCUT2D eigenvalue weighted by Gasteiger charge is 2.30. The topological polar surface area (TPSA) is 33.4 Å². The number of anilines is 1. The molecule has 3 aromatic rings. The van der Waals surface area contributed by atoms with Crippen molar-refractivity contribution in [3.05, 3.63) is 59.8 Å². The Morgan fingerprint density at radius 1 is 1.27 bits per heavy atom. The Morgan fingerprint density at radius 2 is 2.10 bits per heavy atom. The van der Waals surface area contributed by atoms with Crippen molar-refractivity contribution in [1.82, 2.24) is 0 Å². The van der Waals surface area contributed by atoms with Crippen molar-refractivity contribution in [3.63, 3.8) is 0 Å². The van der Waals surface area contributed by atoms with Crippen molar-refractivity contribution in [1.29, 1.82) is 0 Å². The lowest BCUT2D eigenvalue weighted by molar-refractivity contribution is -0.704. The zero-order valence-corrected chi connectivity index (χ0v) is 18.9. The number of thioether (sulfide) groups is 1. The maximum Gasteiger partial charge on any atom is 0.256 e. The molecule has 2 heterocycles. The van der Waals surface area contributed by atoms with E-state index in [2.05, 4.69) is 29.8 Å². The summed E-state index contributed by atoms with van der Waals surface area (Å²) in [6, 6.07) is 16.0. The summed E-state index contributed by atoms with van der Waals surface area (Å²) in [4.78, 5) is 15.5. The van der Waals surface area contributed by atoms with Crippen molar-refractivity contribution in [2.75, 3.05) is 24.3 Å². The van der Waals surface area contributed by atoms with E-state index in [4.69, 9.17) is 16.3 Å². The molecule has 0 saturated heterocycles. The Balaban J connectivity index is 1.56. The summed E-state index contributed by atoms with van der Waals surface area (Å²) in [6.45, 7) is 2.93. The van der Waals surface area contributed by atoms with Crippen molar-refractivity contribution in [3.8, 4) is 5.75 Å². The number of nitrogens with zero attached hydrogens (tertiary/aromatic N) is 2. The predicted molar refractivity (Wildman–Crippen MR) is 124 cm³/mol. The van der Waals surface area contributed by atoms with Gasteiger partial charge in [-0.25, -0.2) is 0 Å². The first-order valence-corrected chi connectivity index (χ1v) is 11.7. The summed E-state index contributed by atoms with van der Waals surface area (Å²) in [5.41, 5.74) is 1.93. The van der Waals surface area contributed by atoms with Gasteiger partial charge in [0.2, 0.25) is 5.91 Å². The summed E-state index contributed by atoms with van der Waals surface area (Å²) < 4.78 is 8.43. The summed E-state index contributed by atoms with van der Waals surface area (Å²) in [6.07, 6.45) is 5.63. The molecule has 1 aromatic heterocycles. The largest absolute Gasteiger partial charge is 0.480 e. The lowest BCUT2D eigenvalue weighted by Crippen LogP contribution is -2.46. The lowest BCUT2D eigenvalue weighted by atomic mass is 10.1. The number of para-hydroxylation sites is 1. The van der Waals surface area contributed by atoms with Gasteiger partial charge in [0.05, 0.1) is 11.1 Å². The van der Waals surface area contributed by atoms with Crippen molar-refractivity contribution < 1.29 is 14.1 Å². The van der Waals surface area contributed by atoms with E-state index >= 15 is 0 Å². The third-order valence-electron chi connectivity index (χ3n) is 5.55. The smallest absolute Gasteiger partial charge is 0.256 e. The van der Waals surface area contributed by atoms with E-state index in [1.165, 1.54) is 12.8 Å². The van der Waals surface area contributed by atoms with Gasteiger partial charge in [0.1, 0.15) is 0 Å². The van der Waals surface area contributed by atoms with Crippen LogP contribution in [0.15, 0.2) is 59.6 Å². The van der Waals surface area contributed by atoms with Gasteiger partial charge >= 0.3 is 0 Å². The second-order valence-electron chi connectivity index (χ2n) is 7.57. The number of rotatable bonds is 7. The highest BCUT2D eigenvalue weighted by atomic mass is 35.5. The molecule has 4 rings (SSSR count). The normalized spacial score (nSPS) is 15.1. The quantitative estimate of drug-likeness (QED) is 0.350. The molecule has 156 valence electrons. The fourth-order valence-corrected chi connectivity index (χ4v) is 4.97. The van der Waals surface area contributed by atoms with Crippen LogP contribution < -0.4 is 14.2 Å². The molecule has 0 fully saturated rings. The first-order valence-electron chi connectivity index (χ1n) is 10.3. The van der Waals surface area contributed by atoms with Crippen LogP contribution >= 0.6 is 23.4 Å². The average molecular weight is 442 g/mol. The fraction of sp³-hybridized carbons (Fsp3) is 0.333. The van der Waals surface area contributed by atoms with Crippen molar-refractivity contribution in [2.24, 2.45) is 0 Å². The average Bonchev–Trinajstić information content (AvgIpc) is 2.77. The van der Waals surface area contributed by atoms with E-state index in [9.17, 15) is 4.79 Å². The molecular weight excluding hydrogens is 416 g/mol. The molecule has 6 heteroatoms. The van der Waals surface area contributed by atoms with Crippen LogP contribution in [0.25, 0.3) is 10.9 Å². The maximum absolute atomic E-state index is 12.8. The van der Waals surface area contributed by atoms with E-state index in [0.717, 1.165) is 33.7 Å². The van der Waals surface area contributed by atoms with Crippen LogP contribution in [-0.4, -0.2) is 25.3 Å². The molecule has 0 spiro atoms. The number of ether oxygens (including phenoxy) is 1. The van der Waals surface area contributed by atoms with Crippen LogP contribution in [0.1, 0.15) is 32.2 Å². The van der Waals surface area contributed by atoms with Gasteiger partial charge in [-0.05, 0) is 36.8 Å². The molecule has 0 bridgehead atoms. The molecule has 0 saturated carbocycles. The van der Waals surface area contributed by atoms with E-state index in [-0.39, 0.29) is 5.91 Å². The van der Waals surface area contributed by atoms with Gasteiger partial charge in [-0.1, -0.05) is 37.1 Å². The van der Waals surface area contributed by atoms with Crippen molar-refractivity contribution >= 4 is 45.9 Å². The third kappa shape index (κ3) is 4.28. The first kappa shape index (κ1) is 21.0. The minimum atomic E-state index is 0.0347. The number of hydrogen-bond acceptors (Lipinski definition) is 3. The molecule has 0 aliphatic carbocycles. The van der Waals surface area contributed by atoms with E-state index in [1.54, 1.807) is 35.8 Å². The number of pyridine rings is 1. The van der Waals surface area contributed by atoms with Gasteiger partial charge < -0.3 is 9.64 Å². The summed E-state index contributed by atoms with van der Waals surface area (Å²) >= 11 is 7.63. The standard InChI is InChI=1S/C24H26ClN2O2S/c1-3-4-8-19-15-29-21-11-6-10-20-22(12-13-27(19)24(20)21)30-16-23(28)26(2)18-9-5-7-17(25)14-18/h5-7,9-14,19H,3-4,8,15-16H2,1-2H3/q+1. The molecule has 1 atom stereocenters. The minimum Gasteiger partial charge on any atom is -0.480 e. The van der Waals surface area contributed by atoms with E-state index < -0.39 is 0 Å². The number of aromatic nitrogens is 1. The molecule has 4 nitrogen and oxygen atoms in total. The van der Waals surface area contributed by atoms with Gasteiger partial charge in [-0.15, -0.1) is 11.8 Å². The Bertz CT molecular complexity index is 1070. The summed E-state index contributed by atoms with van der Waals surface area (Å²) in [5.74, 6) is 1.31. The second kappa shape index (κ2) is 9.27. The zero-order chi connectivity index (χ0) is 21.1. The third-order valence-corrected chi connectivity index (χ3v) is 6.84. The minimum absolute atomic E-state index is 0.0347. The predicted octanol–water partition coefficient (Wildman–Crippen LogP) is 5.66. The fourth-order valence-electron chi connectivity index (χ4n) is 3.84. The first-order chi connectivity index (χ1) is 14.6. The number of carbonyl (C=O) groups excluding carboxylic acids is 1. The molecule has 2 aromatic carbocycles. The molecule has 0 radical (unpaired) electrons. The van der Waals surface area contributed by atoms with Gasteiger partial charge in [-0.3, -0.25) is 4.79 Å². The number of carbonyl (C=O) groups is 1. The summed E-state index contributed by atoms with van der Waals surface area (Å²) in [7, 11) is 1.79. The second-order valence-corrected chi connectivity index (χ2v) is 9.02. The molecule has 1 amide bonds. The molecule has 1 aliphatic heterocycles. The highest BCUT2D eigenvalue weighted by molar-refractivity contribution is 8.00. The van der Waals surface area contributed by atoms with Gasteiger partial charge in [-0.2, -0.15) is 4.57 Å². The molecule has 1 aliphatic rings. The van der Waals surface area contributed by atoms with Crippen LogP contribution in [0, 0.1) is 0 Å².